The Bertz CT molecular complexity index is 294. The lowest BCUT2D eigenvalue weighted by Gasteiger charge is -2.41. The molecule has 0 bridgehead atoms. The van der Waals surface area contributed by atoms with Gasteiger partial charge < -0.3 is 11.1 Å². The van der Waals surface area contributed by atoms with E-state index in [4.69, 9.17) is 5.73 Å². The van der Waals surface area contributed by atoms with Gasteiger partial charge in [0.25, 0.3) is 0 Å². The van der Waals surface area contributed by atoms with Gasteiger partial charge in [0.15, 0.2) is 0 Å². The number of piperidine rings is 1. The smallest absolute Gasteiger partial charge is 0.0550 e. The van der Waals surface area contributed by atoms with Gasteiger partial charge in [-0.2, -0.15) is 0 Å². The molecule has 3 N–H and O–H groups in total. The minimum absolute atomic E-state index is 0.252. The number of likely N-dealkylation sites (tertiary alicyclic amines) is 1. The van der Waals surface area contributed by atoms with Crippen LogP contribution in [-0.2, 0) is 0 Å². The second kappa shape index (κ2) is 5.75. The predicted molar refractivity (Wildman–Crippen MR) is 69.9 cm³/mol. The Kier molecular flexibility index (Phi) is 4.62. The second-order valence-electron chi connectivity index (χ2n) is 4.44. The van der Waals surface area contributed by atoms with Crippen molar-refractivity contribution >= 4 is 0 Å². The van der Waals surface area contributed by atoms with E-state index in [2.05, 4.69) is 30.3 Å². The molecule has 1 aliphatic heterocycles. The van der Waals surface area contributed by atoms with Crippen LogP contribution in [0.15, 0.2) is 36.7 Å². The molecule has 0 aromatic carbocycles. The summed E-state index contributed by atoms with van der Waals surface area (Å²) in [5, 5.41) is 2.99. The minimum atomic E-state index is 0.252. The van der Waals surface area contributed by atoms with Crippen LogP contribution in [0.25, 0.3) is 0 Å². The summed E-state index contributed by atoms with van der Waals surface area (Å²) in [7, 11) is 1.87. The van der Waals surface area contributed by atoms with Crippen molar-refractivity contribution in [1.82, 2.24) is 10.2 Å². The van der Waals surface area contributed by atoms with E-state index in [9.17, 15) is 0 Å². The summed E-state index contributed by atoms with van der Waals surface area (Å²) in [6, 6.07) is 0.731. The van der Waals surface area contributed by atoms with Gasteiger partial charge in [-0.3, -0.25) is 4.90 Å². The van der Waals surface area contributed by atoms with Gasteiger partial charge in [-0.25, -0.2) is 0 Å². The molecular formula is C13H23N3. The molecule has 90 valence electrons. The zero-order valence-electron chi connectivity index (χ0n) is 10.4. The Morgan fingerprint density at radius 2 is 2.31 bits per heavy atom. The monoisotopic (exact) mass is 221 g/mol. The Hall–Kier alpha value is -1.22. The van der Waals surface area contributed by atoms with Crippen LogP contribution in [0.2, 0.25) is 0 Å². The fourth-order valence-electron chi connectivity index (χ4n) is 2.34. The molecule has 0 spiro atoms. The van der Waals surface area contributed by atoms with Crippen molar-refractivity contribution in [2.45, 2.75) is 31.8 Å². The van der Waals surface area contributed by atoms with Crippen LogP contribution in [0.1, 0.15) is 19.8 Å². The first-order valence-electron chi connectivity index (χ1n) is 5.76. The maximum Gasteiger partial charge on any atom is 0.0550 e. The standard InChI is InChI=1S/C13H23N3/c1-5-6-16-11(3)7-10(2)8-13(16)12(14)9-15-4/h5,9,11,13,15H,1-2,6-8,14H2,3-4H3/b12-9-/t11-,13-/m0/s1. The van der Waals surface area contributed by atoms with Crippen LogP contribution >= 0.6 is 0 Å². The van der Waals surface area contributed by atoms with Gasteiger partial charge in [0.1, 0.15) is 0 Å². The highest BCUT2D eigenvalue weighted by molar-refractivity contribution is 5.17. The Morgan fingerprint density at radius 3 is 2.88 bits per heavy atom. The highest BCUT2D eigenvalue weighted by Crippen LogP contribution is 2.28. The molecule has 0 saturated carbocycles. The number of hydrogen-bond acceptors (Lipinski definition) is 3. The Labute approximate surface area is 98.7 Å². The fraction of sp³-hybridized carbons (Fsp3) is 0.538. The number of hydrogen-bond donors (Lipinski definition) is 2. The maximum atomic E-state index is 6.09. The van der Waals surface area contributed by atoms with Gasteiger partial charge in [-0.05, 0) is 19.8 Å². The highest BCUT2D eigenvalue weighted by atomic mass is 15.2. The van der Waals surface area contributed by atoms with E-state index in [1.54, 1.807) is 0 Å². The van der Waals surface area contributed by atoms with Crippen molar-refractivity contribution in [1.29, 1.82) is 0 Å². The Balaban J connectivity index is 2.86. The van der Waals surface area contributed by atoms with Gasteiger partial charge in [0.2, 0.25) is 0 Å². The molecule has 1 heterocycles. The molecule has 0 aromatic rings. The molecule has 3 nitrogen and oxygen atoms in total. The molecule has 0 amide bonds. The maximum absolute atomic E-state index is 6.09. The molecule has 0 radical (unpaired) electrons. The normalized spacial score (nSPS) is 27.9. The summed E-state index contributed by atoms with van der Waals surface area (Å²) >= 11 is 0. The van der Waals surface area contributed by atoms with Crippen LogP contribution in [0, 0.1) is 0 Å². The number of rotatable bonds is 4. The summed E-state index contributed by atoms with van der Waals surface area (Å²) in [6.45, 7) is 11.0. The highest BCUT2D eigenvalue weighted by Gasteiger charge is 2.30. The number of nitrogens with zero attached hydrogens (tertiary/aromatic N) is 1. The molecule has 2 atom stereocenters. The molecule has 0 aromatic heterocycles. The minimum Gasteiger partial charge on any atom is -0.400 e. The Morgan fingerprint density at radius 1 is 1.62 bits per heavy atom. The van der Waals surface area contributed by atoms with Crippen molar-refractivity contribution in [3.63, 3.8) is 0 Å². The van der Waals surface area contributed by atoms with Crippen LogP contribution in [0.5, 0.6) is 0 Å². The predicted octanol–water partition coefficient (Wildman–Crippen LogP) is 1.60. The summed E-state index contributed by atoms with van der Waals surface area (Å²) in [5.41, 5.74) is 8.24. The third kappa shape index (κ3) is 2.89. The number of nitrogens with one attached hydrogen (secondary N) is 1. The third-order valence-corrected chi connectivity index (χ3v) is 3.07. The zero-order valence-corrected chi connectivity index (χ0v) is 10.4. The fourth-order valence-corrected chi connectivity index (χ4v) is 2.34. The van der Waals surface area contributed by atoms with Gasteiger partial charge in [0, 0.05) is 31.5 Å². The molecule has 3 heteroatoms. The van der Waals surface area contributed by atoms with E-state index in [1.807, 2.05) is 19.3 Å². The molecule has 0 aliphatic carbocycles. The molecule has 1 fully saturated rings. The first kappa shape index (κ1) is 12.8. The molecule has 0 unspecified atom stereocenters. The lowest BCUT2D eigenvalue weighted by atomic mass is 9.91. The lowest BCUT2D eigenvalue weighted by molar-refractivity contribution is 0.154. The van der Waals surface area contributed by atoms with Crippen molar-refractivity contribution < 1.29 is 0 Å². The van der Waals surface area contributed by atoms with Gasteiger partial charge in [0.05, 0.1) is 6.04 Å². The first-order chi connectivity index (χ1) is 7.60. The second-order valence-corrected chi connectivity index (χ2v) is 4.44. The van der Waals surface area contributed by atoms with Crippen LogP contribution in [-0.4, -0.2) is 30.6 Å². The van der Waals surface area contributed by atoms with Gasteiger partial charge in [-0.15, -0.1) is 6.58 Å². The van der Waals surface area contributed by atoms with E-state index in [-0.39, 0.29) is 6.04 Å². The average molecular weight is 221 g/mol. The van der Waals surface area contributed by atoms with Crippen LogP contribution in [0.3, 0.4) is 0 Å². The molecule has 16 heavy (non-hydrogen) atoms. The summed E-state index contributed by atoms with van der Waals surface area (Å²) in [5.74, 6) is 0. The van der Waals surface area contributed by atoms with E-state index < -0.39 is 0 Å². The molecule has 1 rings (SSSR count). The summed E-state index contributed by atoms with van der Waals surface area (Å²) in [4.78, 5) is 2.38. The lowest BCUT2D eigenvalue weighted by Crippen LogP contribution is -2.48. The van der Waals surface area contributed by atoms with Crippen molar-refractivity contribution in [3.05, 3.63) is 36.7 Å². The largest absolute Gasteiger partial charge is 0.400 e. The van der Waals surface area contributed by atoms with Crippen LogP contribution in [0.4, 0.5) is 0 Å². The zero-order chi connectivity index (χ0) is 12.1. The van der Waals surface area contributed by atoms with Crippen molar-refractivity contribution in [2.75, 3.05) is 13.6 Å². The van der Waals surface area contributed by atoms with E-state index in [1.165, 1.54) is 5.57 Å². The van der Waals surface area contributed by atoms with Gasteiger partial charge >= 0.3 is 0 Å². The van der Waals surface area contributed by atoms with E-state index in [0.717, 1.165) is 25.1 Å². The molecular weight excluding hydrogens is 198 g/mol. The number of nitrogens with two attached hydrogens (primary N) is 1. The SMILES string of the molecule is C=CCN1[C@@H](C)CC(=C)C[C@H]1/C(N)=C/NC. The van der Waals surface area contributed by atoms with Crippen LogP contribution < -0.4 is 11.1 Å². The average Bonchev–Trinajstić information content (AvgIpc) is 2.22. The topological polar surface area (TPSA) is 41.3 Å². The molecule has 1 aliphatic rings. The van der Waals surface area contributed by atoms with Crippen molar-refractivity contribution in [2.24, 2.45) is 5.73 Å². The summed E-state index contributed by atoms with van der Waals surface area (Å²) in [6.07, 6.45) is 5.80. The van der Waals surface area contributed by atoms with E-state index >= 15 is 0 Å². The molecule has 1 saturated heterocycles. The first-order valence-corrected chi connectivity index (χ1v) is 5.76. The quantitative estimate of drug-likeness (QED) is 0.709. The van der Waals surface area contributed by atoms with E-state index in [0.29, 0.717) is 6.04 Å². The van der Waals surface area contributed by atoms with Crippen molar-refractivity contribution in [3.8, 4) is 0 Å². The third-order valence-electron chi connectivity index (χ3n) is 3.07. The van der Waals surface area contributed by atoms with Gasteiger partial charge in [-0.1, -0.05) is 18.2 Å². The summed E-state index contributed by atoms with van der Waals surface area (Å²) < 4.78 is 0.